The topological polar surface area (TPSA) is 29.5 Å². The van der Waals surface area contributed by atoms with Gasteiger partial charge >= 0.3 is 0 Å². The molecule has 0 spiro atoms. The number of phenols is 1. The Kier molecular flexibility index (Phi) is 3.42. The highest BCUT2D eigenvalue weighted by Crippen LogP contribution is 2.38. The van der Waals surface area contributed by atoms with E-state index in [1.165, 1.54) is 7.11 Å². The Morgan fingerprint density at radius 1 is 1.64 bits per heavy atom. The van der Waals surface area contributed by atoms with Crippen LogP contribution in [0.5, 0.6) is 11.5 Å². The zero-order chi connectivity index (χ0) is 10.7. The third kappa shape index (κ3) is 1.85. The summed E-state index contributed by atoms with van der Waals surface area (Å²) in [6, 6.07) is 1.73. The molecule has 1 N–H and O–H groups in total. The van der Waals surface area contributed by atoms with E-state index in [0.29, 0.717) is 17.2 Å². The number of hydrogen-bond acceptors (Lipinski definition) is 2. The molecule has 1 aromatic rings. The van der Waals surface area contributed by atoms with Gasteiger partial charge in [-0.15, -0.1) is 6.58 Å². The van der Waals surface area contributed by atoms with Crippen molar-refractivity contribution in [1.29, 1.82) is 0 Å². The first-order valence-corrected chi connectivity index (χ1v) is 4.65. The van der Waals surface area contributed by atoms with Crippen LogP contribution >= 0.6 is 11.6 Å². The Balaban J connectivity index is 3.34. The quantitative estimate of drug-likeness (QED) is 0.781. The number of benzene rings is 1. The molecule has 76 valence electrons. The van der Waals surface area contributed by atoms with E-state index < -0.39 is 0 Å². The predicted octanol–water partition coefficient (Wildman–Crippen LogP) is 3.09. The zero-order valence-corrected chi connectivity index (χ0v) is 9.06. The van der Waals surface area contributed by atoms with E-state index in [1.807, 2.05) is 6.92 Å². The summed E-state index contributed by atoms with van der Waals surface area (Å²) in [7, 11) is 1.51. The van der Waals surface area contributed by atoms with E-state index in [0.717, 1.165) is 11.1 Å². The fraction of sp³-hybridized carbons (Fsp3) is 0.273. The molecule has 1 aromatic carbocycles. The summed E-state index contributed by atoms with van der Waals surface area (Å²) in [6.45, 7) is 5.54. The molecule has 0 amide bonds. The van der Waals surface area contributed by atoms with Crippen molar-refractivity contribution in [3.05, 3.63) is 34.9 Å². The van der Waals surface area contributed by atoms with Crippen LogP contribution in [0.4, 0.5) is 0 Å². The fourth-order valence-electron chi connectivity index (χ4n) is 1.38. The number of phenolic OH excluding ortho intramolecular Hbond substituents is 1. The van der Waals surface area contributed by atoms with Gasteiger partial charge < -0.3 is 9.84 Å². The molecule has 0 bridgehead atoms. The molecule has 0 fully saturated rings. The average molecular weight is 213 g/mol. The van der Waals surface area contributed by atoms with Crippen molar-refractivity contribution in [3.8, 4) is 11.5 Å². The highest BCUT2D eigenvalue weighted by Gasteiger charge is 2.13. The van der Waals surface area contributed by atoms with Crippen molar-refractivity contribution in [2.75, 3.05) is 7.11 Å². The third-order valence-electron chi connectivity index (χ3n) is 2.13. The van der Waals surface area contributed by atoms with Crippen molar-refractivity contribution in [3.63, 3.8) is 0 Å². The summed E-state index contributed by atoms with van der Waals surface area (Å²) < 4.78 is 5.07. The lowest BCUT2D eigenvalue weighted by Crippen LogP contribution is -1.94. The predicted molar refractivity (Wildman–Crippen MR) is 58.3 cm³/mol. The molecular weight excluding hydrogens is 200 g/mol. The fourth-order valence-corrected chi connectivity index (χ4v) is 1.60. The number of ether oxygens (including phenoxy) is 1. The Hall–Kier alpha value is -1.15. The van der Waals surface area contributed by atoms with Crippen molar-refractivity contribution >= 4 is 11.6 Å². The first kappa shape index (κ1) is 10.9. The Bertz CT molecular complexity index is 359. The highest BCUT2D eigenvalue weighted by atomic mass is 35.5. The molecule has 0 atom stereocenters. The molecule has 0 aliphatic heterocycles. The second-order valence-electron chi connectivity index (χ2n) is 3.02. The Morgan fingerprint density at radius 3 is 2.79 bits per heavy atom. The smallest absolute Gasteiger partial charge is 0.177 e. The molecule has 14 heavy (non-hydrogen) atoms. The Labute approximate surface area is 88.8 Å². The first-order chi connectivity index (χ1) is 6.61. The van der Waals surface area contributed by atoms with E-state index >= 15 is 0 Å². The van der Waals surface area contributed by atoms with Gasteiger partial charge in [0.2, 0.25) is 0 Å². The van der Waals surface area contributed by atoms with E-state index in [1.54, 1.807) is 12.1 Å². The van der Waals surface area contributed by atoms with Gasteiger partial charge in [0.15, 0.2) is 11.5 Å². The van der Waals surface area contributed by atoms with Gasteiger partial charge in [0.25, 0.3) is 0 Å². The second kappa shape index (κ2) is 4.38. The van der Waals surface area contributed by atoms with Crippen LogP contribution in [0.2, 0.25) is 5.02 Å². The van der Waals surface area contributed by atoms with Crippen LogP contribution in [0.25, 0.3) is 0 Å². The van der Waals surface area contributed by atoms with Gasteiger partial charge in [0, 0.05) is 0 Å². The van der Waals surface area contributed by atoms with Gasteiger partial charge in [0.1, 0.15) is 0 Å². The summed E-state index contributed by atoms with van der Waals surface area (Å²) in [5.41, 5.74) is 1.91. The molecular formula is C11H13ClO2. The van der Waals surface area contributed by atoms with Crippen LogP contribution in [-0.4, -0.2) is 12.2 Å². The highest BCUT2D eigenvalue weighted by molar-refractivity contribution is 6.32. The first-order valence-electron chi connectivity index (χ1n) is 4.27. The lowest BCUT2D eigenvalue weighted by atomic mass is 10.0. The number of halogens is 1. The van der Waals surface area contributed by atoms with Crippen molar-refractivity contribution in [1.82, 2.24) is 0 Å². The molecule has 0 aliphatic carbocycles. The molecule has 0 aromatic heterocycles. The summed E-state index contributed by atoms with van der Waals surface area (Å²) >= 11 is 5.84. The van der Waals surface area contributed by atoms with E-state index in [4.69, 9.17) is 16.3 Å². The molecule has 0 radical (unpaired) electrons. The van der Waals surface area contributed by atoms with Gasteiger partial charge in [0.05, 0.1) is 12.1 Å². The maximum atomic E-state index is 9.59. The number of rotatable bonds is 3. The zero-order valence-electron chi connectivity index (χ0n) is 8.30. The molecule has 0 unspecified atom stereocenters. The number of aromatic hydroxyl groups is 1. The monoisotopic (exact) mass is 212 g/mol. The van der Waals surface area contributed by atoms with E-state index in [-0.39, 0.29) is 5.75 Å². The minimum Gasteiger partial charge on any atom is -0.503 e. The maximum absolute atomic E-state index is 9.59. The SMILES string of the molecule is C=CCc1cc(Cl)c(O)c(OC)c1C. The third-order valence-corrected chi connectivity index (χ3v) is 2.42. The van der Waals surface area contributed by atoms with Crippen LogP contribution in [-0.2, 0) is 6.42 Å². The number of allylic oxidation sites excluding steroid dienone is 1. The van der Waals surface area contributed by atoms with Crippen molar-refractivity contribution in [2.24, 2.45) is 0 Å². The van der Waals surface area contributed by atoms with Gasteiger partial charge in [-0.05, 0) is 30.5 Å². The van der Waals surface area contributed by atoms with Crippen LogP contribution in [0, 0.1) is 6.92 Å². The molecule has 2 nitrogen and oxygen atoms in total. The molecule has 0 aliphatic rings. The van der Waals surface area contributed by atoms with Crippen molar-refractivity contribution in [2.45, 2.75) is 13.3 Å². The van der Waals surface area contributed by atoms with Crippen LogP contribution in [0.1, 0.15) is 11.1 Å². The maximum Gasteiger partial charge on any atom is 0.177 e. The van der Waals surface area contributed by atoms with Gasteiger partial charge in [-0.2, -0.15) is 0 Å². The standard InChI is InChI=1S/C11H13ClO2/c1-4-5-8-6-9(12)10(13)11(14-3)7(8)2/h4,6,13H,1,5H2,2-3H3. The lowest BCUT2D eigenvalue weighted by molar-refractivity contribution is 0.370. The van der Waals surface area contributed by atoms with Gasteiger partial charge in [-0.25, -0.2) is 0 Å². The van der Waals surface area contributed by atoms with Crippen LogP contribution < -0.4 is 4.74 Å². The van der Waals surface area contributed by atoms with Gasteiger partial charge in [-0.1, -0.05) is 17.7 Å². The summed E-state index contributed by atoms with van der Waals surface area (Å²) in [5, 5.41) is 9.90. The summed E-state index contributed by atoms with van der Waals surface area (Å²) in [6.07, 6.45) is 2.50. The van der Waals surface area contributed by atoms with Crippen molar-refractivity contribution < 1.29 is 9.84 Å². The summed E-state index contributed by atoms with van der Waals surface area (Å²) in [4.78, 5) is 0. The van der Waals surface area contributed by atoms with Crippen LogP contribution in [0.15, 0.2) is 18.7 Å². The summed E-state index contributed by atoms with van der Waals surface area (Å²) in [5.74, 6) is 0.439. The largest absolute Gasteiger partial charge is 0.503 e. The molecule has 0 saturated heterocycles. The number of methoxy groups -OCH3 is 1. The normalized spacial score (nSPS) is 9.93. The Morgan fingerprint density at radius 2 is 2.29 bits per heavy atom. The molecule has 0 heterocycles. The molecule has 1 rings (SSSR count). The van der Waals surface area contributed by atoms with Gasteiger partial charge in [-0.3, -0.25) is 0 Å². The second-order valence-corrected chi connectivity index (χ2v) is 3.42. The molecule has 0 saturated carbocycles. The van der Waals surface area contributed by atoms with E-state index in [9.17, 15) is 5.11 Å². The number of hydrogen-bond donors (Lipinski definition) is 1. The minimum absolute atomic E-state index is 0.000482. The lowest BCUT2D eigenvalue weighted by Gasteiger charge is -2.12. The van der Waals surface area contributed by atoms with Crippen LogP contribution in [0.3, 0.4) is 0 Å². The average Bonchev–Trinajstić information content (AvgIpc) is 2.16. The van der Waals surface area contributed by atoms with E-state index in [2.05, 4.69) is 6.58 Å². The molecule has 3 heteroatoms. The minimum atomic E-state index is -0.000482.